The Morgan fingerprint density at radius 2 is 1.49 bits per heavy atom. The van der Waals surface area contributed by atoms with Crippen LogP contribution in [0.15, 0.2) is 0 Å². The smallest absolute Gasteiger partial charge is 0.408 e. The summed E-state index contributed by atoms with van der Waals surface area (Å²) in [7, 11) is 1.18. The number of hydrogen-bond donors (Lipinski definition) is 7. The molecule has 6 amide bonds. The normalized spacial score (nSPS) is 17.3. The topological polar surface area (TPSA) is 201 Å². The molecule has 0 spiro atoms. The number of hydrogen-bond acceptors (Lipinski definition) is 11. The first-order chi connectivity index (χ1) is 20.9. The Balaban J connectivity index is 2.90. The largest absolute Gasteiger partial charge is 0.467 e. The van der Waals surface area contributed by atoms with Crippen molar-refractivity contribution >= 4 is 66.9 Å². The second-order valence-electron chi connectivity index (χ2n) is 12.0. The first-order valence-corrected chi connectivity index (χ1v) is 16.0. The summed E-state index contributed by atoms with van der Waals surface area (Å²) in [6.45, 7) is 10.0. The van der Waals surface area contributed by atoms with Gasteiger partial charge in [0.15, 0.2) is 0 Å². The Kier molecular flexibility index (Phi) is 16.5. The number of ether oxygens (including phenoxy) is 2. The molecule has 1 saturated heterocycles. The molecule has 1 heterocycles. The third kappa shape index (κ3) is 13.8. The van der Waals surface area contributed by atoms with Gasteiger partial charge in [-0.15, -0.1) is 0 Å². The van der Waals surface area contributed by atoms with E-state index in [2.05, 4.69) is 56.6 Å². The average Bonchev–Trinajstić information content (AvgIpc) is 3.45. The van der Waals surface area contributed by atoms with Crippen LogP contribution < -0.4 is 26.6 Å². The van der Waals surface area contributed by atoms with Gasteiger partial charge in [0.25, 0.3) is 0 Å². The molecular formula is C28H48N6O9S2. The number of carbonyl (C=O) groups is 7. The summed E-state index contributed by atoms with van der Waals surface area (Å²) in [6, 6.07) is -5.03. The average molecular weight is 677 g/mol. The summed E-state index contributed by atoms with van der Waals surface area (Å²) < 4.78 is 9.77. The van der Waals surface area contributed by atoms with Crippen LogP contribution >= 0.6 is 25.3 Å². The van der Waals surface area contributed by atoms with E-state index in [0.717, 1.165) is 0 Å². The fourth-order valence-electron chi connectivity index (χ4n) is 4.39. The summed E-state index contributed by atoms with van der Waals surface area (Å²) in [5, 5.41) is 12.5. The molecule has 256 valence electrons. The first-order valence-electron chi connectivity index (χ1n) is 14.7. The molecule has 1 fully saturated rings. The Labute approximate surface area is 275 Å². The molecule has 17 heteroatoms. The molecule has 15 nitrogen and oxygen atoms in total. The highest BCUT2D eigenvalue weighted by Gasteiger charge is 2.39. The lowest BCUT2D eigenvalue weighted by molar-refractivity contribution is -0.144. The highest BCUT2D eigenvalue weighted by molar-refractivity contribution is 7.80. The minimum atomic E-state index is -1.14. The lowest BCUT2D eigenvalue weighted by Crippen LogP contribution is -2.59. The van der Waals surface area contributed by atoms with Crippen molar-refractivity contribution in [1.82, 2.24) is 31.5 Å². The highest BCUT2D eigenvalue weighted by Crippen LogP contribution is 2.20. The van der Waals surface area contributed by atoms with Gasteiger partial charge in [-0.05, 0) is 52.9 Å². The van der Waals surface area contributed by atoms with Gasteiger partial charge in [-0.25, -0.2) is 9.59 Å². The van der Waals surface area contributed by atoms with Gasteiger partial charge < -0.3 is 41.0 Å². The van der Waals surface area contributed by atoms with Gasteiger partial charge in [0, 0.05) is 18.1 Å². The van der Waals surface area contributed by atoms with Crippen LogP contribution in [0, 0.1) is 5.92 Å². The molecule has 1 aliphatic heterocycles. The zero-order valence-electron chi connectivity index (χ0n) is 26.9. The monoisotopic (exact) mass is 676 g/mol. The zero-order chi connectivity index (χ0) is 34.5. The molecule has 5 N–H and O–H groups in total. The lowest BCUT2D eigenvalue weighted by Gasteiger charge is -2.30. The van der Waals surface area contributed by atoms with E-state index in [1.54, 1.807) is 20.8 Å². The van der Waals surface area contributed by atoms with Crippen LogP contribution in [0.2, 0.25) is 0 Å². The number of carbonyl (C=O) groups excluding carboxylic acids is 7. The van der Waals surface area contributed by atoms with Gasteiger partial charge in [0.2, 0.25) is 29.5 Å². The van der Waals surface area contributed by atoms with E-state index in [1.165, 1.54) is 18.9 Å². The molecule has 0 unspecified atom stereocenters. The fourth-order valence-corrected chi connectivity index (χ4v) is 4.90. The summed E-state index contributed by atoms with van der Waals surface area (Å²) in [5.74, 6) is -3.87. The predicted molar refractivity (Wildman–Crippen MR) is 172 cm³/mol. The molecule has 0 aromatic heterocycles. The number of nitrogens with one attached hydrogen (secondary N) is 5. The van der Waals surface area contributed by atoms with Crippen molar-refractivity contribution in [3.63, 3.8) is 0 Å². The maximum atomic E-state index is 13.4. The summed E-state index contributed by atoms with van der Waals surface area (Å²) in [5.41, 5.74) is -0.776. The molecule has 5 atom stereocenters. The summed E-state index contributed by atoms with van der Waals surface area (Å²) >= 11 is 8.34. The van der Waals surface area contributed by atoms with Gasteiger partial charge in [0.1, 0.15) is 35.8 Å². The highest BCUT2D eigenvalue weighted by atomic mass is 32.1. The fraction of sp³-hybridized carbons (Fsp3) is 0.750. The van der Waals surface area contributed by atoms with Crippen LogP contribution in [0.1, 0.15) is 60.8 Å². The third-order valence-electron chi connectivity index (χ3n) is 6.52. The minimum absolute atomic E-state index is 0.0273. The summed E-state index contributed by atoms with van der Waals surface area (Å²) in [6.07, 6.45) is 0.317. The summed E-state index contributed by atoms with van der Waals surface area (Å²) in [4.78, 5) is 89.9. The van der Waals surface area contributed by atoms with Crippen LogP contribution in [-0.4, -0.2) is 114 Å². The number of thiol groups is 2. The van der Waals surface area contributed by atoms with E-state index in [4.69, 9.17) is 4.74 Å². The predicted octanol–water partition coefficient (Wildman–Crippen LogP) is -0.460. The zero-order valence-corrected chi connectivity index (χ0v) is 28.7. The molecule has 0 saturated carbocycles. The lowest BCUT2D eigenvalue weighted by atomic mass is 10.0. The number of alkyl carbamates (subject to hydrolysis) is 1. The maximum Gasteiger partial charge on any atom is 0.408 e. The van der Waals surface area contributed by atoms with Crippen LogP contribution in [0.25, 0.3) is 0 Å². The second kappa shape index (κ2) is 18.7. The SMILES string of the molecule is COC(=O)[C@H](C)NC(=O)CNC(=O)[C@H](CS)NC(=O)[C@H](CC(C)C)NC(=O)[C@@H]1CCCN1C(=O)[C@H](CS)NC(=O)OC(C)(C)C. The molecule has 1 aliphatic rings. The van der Waals surface area contributed by atoms with E-state index < -0.39 is 84.0 Å². The number of likely N-dealkylation sites (tertiary alicyclic amines) is 1. The molecule has 45 heavy (non-hydrogen) atoms. The number of rotatable bonds is 15. The Bertz CT molecular complexity index is 1090. The molecule has 0 aromatic carbocycles. The quantitative estimate of drug-likeness (QED) is 0.0886. The van der Waals surface area contributed by atoms with Gasteiger partial charge in [-0.1, -0.05) is 13.8 Å². The van der Waals surface area contributed by atoms with Crippen LogP contribution in [0.4, 0.5) is 4.79 Å². The van der Waals surface area contributed by atoms with Crippen molar-refractivity contribution in [2.45, 2.75) is 96.6 Å². The molecule has 1 rings (SSSR count). The molecular weight excluding hydrogens is 628 g/mol. The first kappa shape index (κ1) is 39.8. The van der Waals surface area contributed by atoms with Crippen molar-refractivity contribution in [3.8, 4) is 0 Å². The number of esters is 1. The van der Waals surface area contributed by atoms with Gasteiger partial charge >= 0.3 is 12.1 Å². The maximum absolute atomic E-state index is 13.4. The van der Waals surface area contributed by atoms with Gasteiger partial charge in [0.05, 0.1) is 13.7 Å². The van der Waals surface area contributed by atoms with Crippen LogP contribution in [0.5, 0.6) is 0 Å². The van der Waals surface area contributed by atoms with E-state index in [-0.39, 0.29) is 30.4 Å². The Morgan fingerprint density at radius 1 is 0.867 bits per heavy atom. The van der Waals surface area contributed by atoms with Crippen molar-refractivity contribution < 1.29 is 43.0 Å². The van der Waals surface area contributed by atoms with Gasteiger partial charge in [-0.3, -0.25) is 24.0 Å². The number of amides is 6. The minimum Gasteiger partial charge on any atom is -0.467 e. The number of nitrogens with zero attached hydrogens (tertiary/aromatic N) is 1. The van der Waals surface area contributed by atoms with Crippen LogP contribution in [0.3, 0.4) is 0 Å². The van der Waals surface area contributed by atoms with E-state index in [9.17, 15) is 33.6 Å². The molecule has 0 aliphatic carbocycles. The van der Waals surface area contributed by atoms with Crippen molar-refractivity contribution in [2.75, 3.05) is 31.7 Å². The second-order valence-corrected chi connectivity index (χ2v) is 12.8. The number of methoxy groups -OCH3 is 1. The molecule has 0 radical (unpaired) electrons. The van der Waals surface area contributed by atoms with E-state index >= 15 is 0 Å². The Hall–Kier alpha value is -3.21. The Morgan fingerprint density at radius 3 is 2.02 bits per heavy atom. The van der Waals surface area contributed by atoms with Crippen LogP contribution in [-0.2, 0) is 38.2 Å². The van der Waals surface area contributed by atoms with Gasteiger partial charge in [-0.2, -0.15) is 25.3 Å². The van der Waals surface area contributed by atoms with Crippen molar-refractivity contribution in [3.05, 3.63) is 0 Å². The molecule has 0 bridgehead atoms. The van der Waals surface area contributed by atoms with Crippen molar-refractivity contribution in [2.24, 2.45) is 5.92 Å². The third-order valence-corrected chi connectivity index (χ3v) is 7.25. The standard InChI is InChI=1S/C28H48N6O9S2/c1-15(2)11-17(23(37)32-18(13-44)22(36)29-12-21(35)30-16(3)26(40)42-7)31-24(38)20-9-8-10-34(20)25(39)19(14-45)33-27(41)43-28(4,5)6/h15-20,44-45H,8-14H2,1-7H3,(H,29,36)(H,30,35)(H,31,38)(H,32,37)(H,33,41)/t16-,17-,18-,19-,20-/m0/s1. The van der Waals surface area contributed by atoms with Crippen molar-refractivity contribution in [1.29, 1.82) is 0 Å². The van der Waals surface area contributed by atoms with E-state index in [0.29, 0.717) is 12.8 Å². The molecule has 0 aromatic rings. The van der Waals surface area contributed by atoms with E-state index in [1.807, 2.05) is 13.8 Å².